The van der Waals surface area contributed by atoms with Crippen LogP contribution in [0.15, 0.2) is 24.3 Å². The van der Waals surface area contributed by atoms with Crippen molar-refractivity contribution in [3.8, 4) is 0 Å². The number of nitrogens with one attached hydrogen (secondary N) is 1. The Labute approximate surface area is 159 Å². The molecule has 0 fully saturated rings. The van der Waals surface area contributed by atoms with Crippen molar-refractivity contribution in [3.63, 3.8) is 0 Å². The van der Waals surface area contributed by atoms with Gasteiger partial charge in [0.15, 0.2) is 0 Å². The summed E-state index contributed by atoms with van der Waals surface area (Å²) in [6, 6.07) is 7.75. The number of amides is 2. The molecule has 2 amide bonds. The summed E-state index contributed by atoms with van der Waals surface area (Å²) in [5.41, 5.74) is 7.28. The lowest BCUT2D eigenvalue weighted by molar-refractivity contribution is -0.118. The fourth-order valence-corrected chi connectivity index (χ4v) is 2.29. The van der Waals surface area contributed by atoms with Gasteiger partial charge in [-0.3, -0.25) is 9.59 Å². The summed E-state index contributed by atoms with van der Waals surface area (Å²) < 4.78 is 16.0. The number of nitrogens with two attached hydrogens (primary N) is 1. The Morgan fingerprint density at radius 1 is 1.04 bits per heavy atom. The van der Waals surface area contributed by atoms with E-state index in [9.17, 15) is 14.4 Å². The molecule has 0 radical (unpaired) electrons. The predicted molar refractivity (Wildman–Crippen MR) is 98.9 cm³/mol. The van der Waals surface area contributed by atoms with Crippen molar-refractivity contribution in [1.29, 1.82) is 0 Å². The minimum absolute atomic E-state index is 0.101. The number of hydrogen-bond acceptors (Lipinski definition) is 6. The van der Waals surface area contributed by atoms with Gasteiger partial charge in [0.25, 0.3) is 0 Å². The number of rotatable bonds is 17. The van der Waals surface area contributed by atoms with Gasteiger partial charge in [-0.15, -0.1) is 0 Å². The minimum atomic E-state index is -0.402. The maximum atomic E-state index is 10.8. The zero-order chi connectivity index (χ0) is 19.7. The highest BCUT2D eigenvalue weighted by molar-refractivity contribution is 5.73. The molecule has 0 aliphatic heterocycles. The Balaban J connectivity index is 2.22. The van der Waals surface area contributed by atoms with E-state index in [1.807, 2.05) is 24.3 Å². The molecule has 0 heterocycles. The van der Waals surface area contributed by atoms with E-state index in [0.717, 1.165) is 17.5 Å². The van der Waals surface area contributed by atoms with Gasteiger partial charge in [-0.1, -0.05) is 24.3 Å². The molecule has 0 unspecified atom stereocenters. The number of aldehydes is 1. The van der Waals surface area contributed by atoms with Gasteiger partial charge in [-0.25, -0.2) is 0 Å². The van der Waals surface area contributed by atoms with E-state index in [0.29, 0.717) is 52.2 Å². The Morgan fingerprint density at radius 3 is 2.41 bits per heavy atom. The Bertz CT molecular complexity index is 550. The van der Waals surface area contributed by atoms with Crippen LogP contribution < -0.4 is 11.1 Å². The molecule has 1 aromatic carbocycles. The second kappa shape index (κ2) is 14.8. The number of primary amides is 1. The zero-order valence-electron chi connectivity index (χ0n) is 15.4. The average Bonchev–Trinajstić information content (AvgIpc) is 2.66. The van der Waals surface area contributed by atoms with Gasteiger partial charge in [-0.2, -0.15) is 0 Å². The highest BCUT2D eigenvalue weighted by Gasteiger charge is 2.09. The first kappa shape index (κ1) is 22.8. The van der Waals surface area contributed by atoms with Crippen LogP contribution in [0.5, 0.6) is 0 Å². The van der Waals surface area contributed by atoms with E-state index in [-0.39, 0.29) is 19.1 Å². The van der Waals surface area contributed by atoms with Gasteiger partial charge in [-0.05, 0) is 24.0 Å². The van der Waals surface area contributed by atoms with E-state index >= 15 is 0 Å². The molecule has 0 aliphatic rings. The number of benzene rings is 1. The Morgan fingerprint density at radius 2 is 1.74 bits per heavy atom. The quantitative estimate of drug-likeness (QED) is 0.298. The maximum absolute atomic E-state index is 10.8. The molecule has 0 spiro atoms. The third-order valence-electron chi connectivity index (χ3n) is 3.75. The molecule has 0 saturated carbocycles. The van der Waals surface area contributed by atoms with Gasteiger partial charge in [0, 0.05) is 6.42 Å². The highest BCUT2D eigenvalue weighted by atomic mass is 16.5. The molecule has 0 saturated heterocycles. The van der Waals surface area contributed by atoms with E-state index in [2.05, 4.69) is 5.32 Å². The standard InChI is InChI=1S/C19H28N2O6/c20-19(24)6-5-18(21-15-23)14-27-13-17-3-1-16(2-4-17)7-9-25-11-12-26-10-8-22/h1-4,8,15,18H,5-7,9-14H2,(H2,20,24)(H,21,23)/t18-/m0/s1. The van der Waals surface area contributed by atoms with Gasteiger partial charge in [0.05, 0.1) is 39.1 Å². The van der Waals surface area contributed by atoms with Crippen LogP contribution in [0.1, 0.15) is 24.0 Å². The summed E-state index contributed by atoms with van der Waals surface area (Å²) in [7, 11) is 0. The maximum Gasteiger partial charge on any atom is 0.217 e. The van der Waals surface area contributed by atoms with Crippen molar-refractivity contribution in [2.24, 2.45) is 5.73 Å². The van der Waals surface area contributed by atoms with Crippen LogP contribution in [0.25, 0.3) is 0 Å². The molecule has 8 nitrogen and oxygen atoms in total. The fraction of sp³-hybridized carbons (Fsp3) is 0.526. The molecule has 150 valence electrons. The summed E-state index contributed by atoms with van der Waals surface area (Å²) in [6.45, 7) is 2.29. The summed E-state index contributed by atoms with van der Waals surface area (Å²) in [5, 5.41) is 2.62. The van der Waals surface area contributed by atoms with Crippen molar-refractivity contribution in [2.45, 2.75) is 31.9 Å². The summed E-state index contributed by atoms with van der Waals surface area (Å²) >= 11 is 0. The molecule has 1 rings (SSSR count). The zero-order valence-corrected chi connectivity index (χ0v) is 15.4. The lowest BCUT2D eigenvalue weighted by Gasteiger charge is -2.15. The monoisotopic (exact) mass is 380 g/mol. The van der Waals surface area contributed by atoms with E-state index in [4.69, 9.17) is 19.9 Å². The van der Waals surface area contributed by atoms with Crippen LogP contribution in [-0.4, -0.2) is 57.7 Å². The molecule has 1 atom stereocenters. The van der Waals surface area contributed by atoms with E-state index in [1.54, 1.807) is 0 Å². The molecule has 0 bridgehead atoms. The van der Waals surface area contributed by atoms with Crippen LogP contribution in [0.3, 0.4) is 0 Å². The van der Waals surface area contributed by atoms with Gasteiger partial charge in [0.2, 0.25) is 12.3 Å². The minimum Gasteiger partial charge on any atom is -0.379 e. The molecule has 0 aromatic heterocycles. The molecular formula is C19H28N2O6. The molecule has 0 aliphatic carbocycles. The topological polar surface area (TPSA) is 117 Å². The van der Waals surface area contributed by atoms with Crippen molar-refractivity contribution >= 4 is 18.6 Å². The van der Waals surface area contributed by atoms with Crippen molar-refractivity contribution in [1.82, 2.24) is 5.32 Å². The summed E-state index contributed by atoms with van der Waals surface area (Å²) in [6.07, 6.45) is 2.75. The normalized spacial score (nSPS) is 11.7. The Kier molecular flexibility index (Phi) is 12.5. The third-order valence-corrected chi connectivity index (χ3v) is 3.75. The highest BCUT2D eigenvalue weighted by Crippen LogP contribution is 2.08. The molecular weight excluding hydrogens is 352 g/mol. The SMILES string of the molecule is NC(=O)CC[C@@H](COCc1ccc(CCOCCOCC=O)cc1)NC=O. The van der Waals surface area contributed by atoms with Crippen LogP contribution in [0.4, 0.5) is 0 Å². The number of ether oxygens (including phenoxy) is 3. The molecule has 8 heteroatoms. The molecule has 27 heavy (non-hydrogen) atoms. The second-order valence-corrected chi connectivity index (χ2v) is 5.92. The average molecular weight is 380 g/mol. The van der Waals surface area contributed by atoms with Crippen LogP contribution >= 0.6 is 0 Å². The predicted octanol–water partition coefficient (Wildman–Crippen LogP) is 0.358. The van der Waals surface area contributed by atoms with Crippen LogP contribution in [0, 0.1) is 0 Å². The van der Waals surface area contributed by atoms with Gasteiger partial charge < -0.3 is 30.1 Å². The van der Waals surface area contributed by atoms with Crippen molar-refractivity contribution < 1.29 is 28.6 Å². The van der Waals surface area contributed by atoms with Gasteiger partial charge >= 0.3 is 0 Å². The first-order chi connectivity index (χ1) is 13.2. The van der Waals surface area contributed by atoms with Crippen molar-refractivity contribution in [3.05, 3.63) is 35.4 Å². The summed E-state index contributed by atoms with van der Waals surface area (Å²) in [4.78, 5) is 31.5. The van der Waals surface area contributed by atoms with E-state index in [1.165, 1.54) is 0 Å². The number of carbonyl (C=O) groups is 3. The lowest BCUT2D eigenvalue weighted by atomic mass is 10.1. The van der Waals surface area contributed by atoms with Gasteiger partial charge in [0.1, 0.15) is 12.9 Å². The first-order valence-electron chi connectivity index (χ1n) is 8.88. The second-order valence-electron chi connectivity index (χ2n) is 5.92. The summed E-state index contributed by atoms with van der Waals surface area (Å²) in [5.74, 6) is -0.402. The largest absolute Gasteiger partial charge is 0.379 e. The fourth-order valence-electron chi connectivity index (χ4n) is 2.29. The van der Waals surface area contributed by atoms with E-state index < -0.39 is 5.91 Å². The van der Waals surface area contributed by atoms with Crippen LogP contribution in [-0.2, 0) is 41.6 Å². The smallest absolute Gasteiger partial charge is 0.217 e. The Hall–Kier alpha value is -2.29. The molecule has 1 aromatic rings. The number of carbonyl (C=O) groups excluding carboxylic acids is 3. The van der Waals surface area contributed by atoms with Crippen molar-refractivity contribution in [2.75, 3.05) is 33.0 Å². The number of hydrogen-bond donors (Lipinski definition) is 2. The van der Waals surface area contributed by atoms with Crippen LogP contribution in [0.2, 0.25) is 0 Å². The third kappa shape index (κ3) is 11.8. The first-order valence-corrected chi connectivity index (χ1v) is 8.88. The lowest BCUT2D eigenvalue weighted by Crippen LogP contribution is -2.33. The molecule has 3 N–H and O–H groups in total.